The monoisotopic (exact) mass is 283 g/mol. The van der Waals surface area contributed by atoms with Crippen LogP contribution in [0.2, 0.25) is 0 Å². The molecule has 0 N–H and O–H groups in total. The van der Waals surface area contributed by atoms with Crippen LogP contribution in [0.3, 0.4) is 0 Å². The largest absolute Gasteiger partial charge is 0.497 e. The van der Waals surface area contributed by atoms with Crippen LogP contribution in [-0.4, -0.2) is 32.1 Å². The van der Waals surface area contributed by atoms with Gasteiger partial charge < -0.3 is 14.4 Å². The fourth-order valence-electron chi connectivity index (χ4n) is 2.79. The highest BCUT2D eigenvalue weighted by Crippen LogP contribution is 2.39. The first-order valence-electron chi connectivity index (χ1n) is 6.74. The standard InChI is InChI=1S/C17H17NO3/c1-18-16(11-4-6-12(20-2)7-5-11)14-9-8-13(21-3)10-15(14)17(18)19/h4-10,16H,1-3H3. The molecule has 0 saturated heterocycles. The van der Waals surface area contributed by atoms with Crippen molar-refractivity contribution in [1.82, 2.24) is 4.90 Å². The van der Waals surface area contributed by atoms with E-state index in [9.17, 15) is 4.79 Å². The van der Waals surface area contributed by atoms with E-state index < -0.39 is 0 Å². The Morgan fingerprint density at radius 2 is 1.57 bits per heavy atom. The van der Waals surface area contributed by atoms with Gasteiger partial charge in [0.25, 0.3) is 5.91 Å². The van der Waals surface area contributed by atoms with Crippen LogP contribution in [0, 0.1) is 0 Å². The Labute approximate surface area is 123 Å². The molecule has 108 valence electrons. The molecule has 0 bridgehead atoms. The first kappa shape index (κ1) is 13.5. The van der Waals surface area contributed by atoms with Gasteiger partial charge in [0.05, 0.1) is 20.3 Å². The molecule has 1 amide bonds. The first-order chi connectivity index (χ1) is 10.2. The first-order valence-corrected chi connectivity index (χ1v) is 6.74. The number of nitrogens with zero attached hydrogens (tertiary/aromatic N) is 1. The maximum Gasteiger partial charge on any atom is 0.254 e. The maximum atomic E-state index is 12.4. The Morgan fingerprint density at radius 3 is 2.19 bits per heavy atom. The summed E-state index contributed by atoms with van der Waals surface area (Å²) in [4.78, 5) is 14.2. The quantitative estimate of drug-likeness (QED) is 0.869. The van der Waals surface area contributed by atoms with Crippen LogP contribution in [-0.2, 0) is 0 Å². The summed E-state index contributed by atoms with van der Waals surface area (Å²) in [6, 6.07) is 13.4. The van der Waals surface area contributed by atoms with Crippen molar-refractivity contribution in [1.29, 1.82) is 0 Å². The van der Waals surface area contributed by atoms with Gasteiger partial charge in [-0.2, -0.15) is 0 Å². The van der Waals surface area contributed by atoms with Crippen molar-refractivity contribution in [2.75, 3.05) is 21.3 Å². The lowest BCUT2D eigenvalue weighted by atomic mass is 9.98. The molecule has 0 spiro atoms. The van der Waals surface area contributed by atoms with Gasteiger partial charge in [-0.05, 0) is 35.4 Å². The van der Waals surface area contributed by atoms with Crippen molar-refractivity contribution >= 4 is 5.91 Å². The summed E-state index contributed by atoms with van der Waals surface area (Å²) in [7, 11) is 5.07. The van der Waals surface area contributed by atoms with Gasteiger partial charge in [-0.3, -0.25) is 4.79 Å². The van der Waals surface area contributed by atoms with Crippen LogP contribution in [0.25, 0.3) is 0 Å². The molecule has 2 aromatic rings. The zero-order chi connectivity index (χ0) is 15.0. The average Bonchev–Trinajstić information content (AvgIpc) is 2.78. The molecule has 4 heteroatoms. The van der Waals surface area contributed by atoms with Crippen LogP contribution < -0.4 is 9.47 Å². The zero-order valence-electron chi connectivity index (χ0n) is 12.3. The second-order valence-electron chi connectivity index (χ2n) is 5.04. The van der Waals surface area contributed by atoms with E-state index in [0.29, 0.717) is 11.3 Å². The smallest absolute Gasteiger partial charge is 0.254 e. The van der Waals surface area contributed by atoms with Crippen LogP contribution in [0.15, 0.2) is 42.5 Å². The molecule has 0 aromatic heterocycles. The number of hydrogen-bond acceptors (Lipinski definition) is 3. The van der Waals surface area contributed by atoms with Crippen molar-refractivity contribution in [3.8, 4) is 11.5 Å². The number of fused-ring (bicyclic) bond motifs is 1. The third kappa shape index (κ3) is 2.13. The van der Waals surface area contributed by atoms with E-state index in [-0.39, 0.29) is 11.9 Å². The minimum absolute atomic E-state index is 0.0183. The molecule has 1 atom stereocenters. The fraction of sp³-hybridized carbons (Fsp3) is 0.235. The predicted octanol–water partition coefficient (Wildman–Crippen LogP) is 2.88. The Balaban J connectivity index is 2.06. The van der Waals surface area contributed by atoms with Crippen molar-refractivity contribution in [2.24, 2.45) is 0 Å². The maximum absolute atomic E-state index is 12.4. The average molecular weight is 283 g/mol. The molecule has 0 radical (unpaired) electrons. The summed E-state index contributed by atoms with van der Waals surface area (Å²) in [5.74, 6) is 1.52. The molecule has 2 aromatic carbocycles. The van der Waals surface area contributed by atoms with Crippen molar-refractivity contribution < 1.29 is 14.3 Å². The van der Waals surface area contributed by atoms with Gasteiger partial charge in [0.15, 0.2) is 0 Å². The second-order valence-corrected chi connectivity index (χ2v) is 5.04. The summed E-state index contributed by atoms with van der Waals surface area (Å²) in [6.07, 6.45) is 0. The molecule has 0 aliphatic carbocycles. The SMILES string of the molecule is COc1ccc(C2c3ccc(OC)cc3C(=O)N2C)cc1. The normalized spacial score (nSPS) is 16.8. The fourth-order valence-corrected chi connectivity index (χ4v) is 2.79. The van der Waals surface area contributed by atoms with Gasteiger partial charge in [0.2, 0.25) is 0 Å². The second kappa shape index (κ2) is 5.13. The number of carbonyl (C=O) groups excluding carboxylic acids is 1. The van der Waals surface area contributed by atoms with E-state index in [1.54, 1.807) is 25.2 Å². The zero-order valence-corrected chi connectivity index (χ0v) is 12.3. The number of ether oxygens (including phenoxy) is 2. The third-order valence-corrected chi connectivity index (χ3v) is 3.92. The van der Waals surface area contributed by atoms with E-state index in [2.05, 4.69) is 0 Å². The number of hydrogen-bond donors (Lipinski definition) is 0. The van der Waals surface area contributed by atoms with Gasteiger partial charge in [-0.1, -0.05) is 18.2 Å². The lowest BCUT2D eigenvalue weighted by molar-refractivity contribution is 0.0793. The van der Waals surface area contributed by atoms with Crippen LogP contribution >= 0.6 is 0 Å². The highest BCUT2D eigenvalue weighted by Gasteiger charge is 2.35. The molecule has 4 nitrogen and oxygen atoms in total. The topological polar surface area (TPSA) is 38.8 Å². The molecule has 0 fully saturated rings. The van der Waals surface area contributed by atoms with Crippen LogP contribution in [0.5, 0.6) is 11.5 Å². The minimum Gasteiger partial charge on any atom is -0.497 e. The lowest BCUT2D eigenvalue weighted by Crippen LogP contribution is -2.23. The summed E-state index contributed by atoms with van der Waals surface area (Å²) in [5.41, 5.74) is 2.78. The van der Waals surface area contributed by atoms with Gasteiger partial charge in [-0.25, -0.2) is 0 Å². The number of amides is 1. The highest BCUT2D eigenvalue weighted by atomic mass is 16.5. The van der Waals surface area contributed by atoms with E-state index in [1.165, 1.54) is 0 Å². The Hall–Kier alpha value is -2.49. The molecule has 1 unspecified atom stereocenters. The number of benzene rings is 2. The van der Waals surface area contributed by atoms with Crippen molar-refractivity contribution in [3.05, 3.63) is 59.2 Å². The Kier molecular flexibility index (Phi) is 3.29. The number of methoxy groups -OCH3 is 2. The Morgan fingerprint density at radius 1 is 0.952 bits per heavy atom. The van der Waals surface area contributed by atoms with Crippen molar-refractivity contribution in [2.45, 2.75) is 6.04 Å². The molecule has 1 heterocycles. The molecule has 1 aliphatic heterocycles. The van der Waals surface area contributed by atoms with Gasteiger partial charge in [0, 0.05) is 12.6 Å². The predicted molar refractivity (Wildman–Crippen MR) is 79.9 cm³/mol. The number of rotatable bonds is 3. The third-order valence-electron chi connectivity index (χ3n) is 3.92. The summed E-state index contributed by atoms with van der Waals surface area (Å²) < 4.78 is 10.4. The molecule has 3 rings (SSSR count). The van der Waals surface area contributed by atoms with Crippen LogP contribution in [0.4, 0.5) is 0 Å². The summed E-state index contributed by atoms with van der Waals surface area (Å²) in [6.45, 7) is 0. The molecule has 21 heavy (non-hydrogen) atoms. The highest BCUT2D eigenvalue weighted by molar-refractivity contribution is 6.00. The minimum atomic E-state index is -0.0655. The van der Waals surface area contributed by atoms with Gasteiger partial charge >= 0.3 is 0 Å². The van der Waals surface area contributed by atoms with E-state index >= 15 is 0 Å². The van der Waals surface area contributed by atoms with E-state index in [1.807, 2.05) is 43.4 Å². The Bertz CT molecular complexity index is 679. The van der Waals surface area contributed by atoms with Gasteiger partial charge in [-0.15, -0.1) is 0 Å². The lowest BCUT2D eigenvalue weighted by Gasteiger charge is -2.21. The van der Waals surface area contributed by atoms with Gasteiger partial charge in [0.1, 0.15) is 11.5 Å². The molecular weight excluding hydrogens is 266 g/mol. The van der Waals surface area contributed by atoms with Crippen LogP contribution in [0.1, 0.15) is 27.5 Å². The van der Waals surface area contributed by atoms with E-state index in [4.69, 9.17) is 9.47 Å². The van der Waals surface area contributed by atoms with E-state index in [0.717, 1.165) is 16.9 Å². The molecular formula is C17H17NO3. The molecule has 1 aliphatic rings. The summed E-state index contributed by atoms with van der Waals surface area (Å²) >= 11 is 0. The van der Waals surface area contributed by atoms with Crippen molar-refractivity contribution in [3.63, 3.8) is 0 Å². The molecule has 0 saturated carbocycles. The summed E-state index contributed by atoms with van der Waals surface area (Å²) in [5, 5.41) is 0. The number of carbonyl (C=O) groups is 1.